The van der Waals surface area contributed by atoms with Gasteiger partial charge in [-0.2, -0.15) is 0 Å². The Morgan fingerprint density at radius 2 is 1.58 bits per heavy atom. The molecular formula is C24H26N2. The van der Waals surface area contributed by atoms with Gasteiger partial charge in [0.1, 0.15) is 0 Å². The van der Waals surface area contributed by atoms with Crippen LogP contribution in [0.1, 0.15) is 56.4 Å². The second-order valence-corrected chi connectivity index (χ2v) is 7.22. The molecule has 1 fully saturated rings. The first-order valence-corrected chi connectivity index (χ1v) is 9.86. The normalized spacial score (nSPS) is 20.7. The highest BCUT2D eigenvalue weighted by molar-refractivity contribution is 5.61. The van der Waals surface area contributed by atoms with Gasteiger partial charge in [-0.3, -0.25) is 9.97 Å². The monoisotopic (exact) mass is 342 g/mol. The topological polar surface area (TPSA) is 25.8 Å². The van der Waals surface area contributed by atoms with E-state index < -0.39 is 0 Å². The molecule has 1 unspecified atom stereocenters. The summed E-state index contributed by atoms with van der Waals surface area (Å²) in [5.74, 6) is 0.255. The van der Waals surface area contributed by atoms with Crippen molar-refractivity contribution in [1.29, 1.82) is 0 Å². The molecule has 0 amide bonds. The van der Waals surface area contributed by atoms with E-state index in [9.17, 15) is 0 Å². The number of aromatic nitrogens is 2. The molecule has 1 atom stereocenters. The molecule has 132 valence electrons. The van der Waals surface area contributed by atoms with E-state index >= 15 is 0 Å². The Bertz CT molecular complexity index is 830. The SMILES string of the molecule is C1=CC(c2cccnc2-c2ccccn2)C=C2CCCCCCCC2=C1. The molecule has 0 spiro atoms. The van der Waals surface area contributed by atoms with Crippen LogP contribution in [0, 0.1) is 0 Å². The van der Waals surface area contributed by atoms with E-state index in [4.69, 9.17) is 0 Å². The number of hydrogen-bond donors (Lipinski definition) is 0. The van der Waals surface area contributed by atoms with Crippen molar-refractivity contribution >= 4 is 0 Å². The molecule has 2 aromatic heterocycles. The molecule has 2 aromatic rings. The van der Waals surface area contributed by atoms with Crippen molar-refractivity contribution in [3.05, 3.63) is 83.7 Å². The average molecular weight is 342 g/mol. The molecule has 4 rings (SSSR count). The van der Waals surface area contributed by atoms with E-state index in [0.29, 0.717) is 0 Å². The highest BCUT2D eigenvalue weighted by Crippen LogP contribution is 2.35. The Morgan fingerprint density at radius 3 is 2.42 bits per heavy atom. The fraction of sp³-hybridized carbons (Fsp3) is 0.333. The van der Waals surface area contributed by atoms with Crippen molar-refractivity contribution in [1.82, 2.24) is 9.97 Å². The van der Waals surface area contributed by atoms with E-state index in [1.54, 1.807) is 0 Å². The van der Waals surface area contributed by atoms with E-state index in [0.717, 1.165) is 11.4 Å². The van der Waals surface area contributed by atoms with Crippen LogP contribution in [0.2, 0.25) is 0 Å². The van der Waals surface area contributed by atoms with Crippen LogP contribution in [0.15, 0.2) is 78.2 Å². The summed E-state index contributed by atoms with van der Waals surface area (Å²) in [4.78, 5) is 9.19. The quantitative estimate of drug-likeness (QED) is 0.631. The first kappa shape index (κ1) is 17.0. The lowest BCUT2D eigenvalue weighted by Gasteiger charge is -2.15. The van der Waals surface area contributed by atoms with Crippen LogP contribution in [0.5, 0.6) is 0 Å². The maximum Gasteiger partial charge on any atom is 0.0927 e. The van der Waals surface area contributed by atoms with E-state index in [1.807, 2.05) is 36.7 Å². The van der Waals surface area contributed by atoms with E-state index in [1.165, 1.54) is 61.7 Å². The van der Waals surface area contributed by atoms with Gasteiger partial charge in [0.05, 0.1) is 11.4 Å². The van der Waals surface area contributed by atoms with Crippen molar-refractivity contribution in [3.8, 4) is 11.4 Å². The summed E-state index contributed by atoms with van der Waals surface area (Å²) < 4.78 is 0. The van der Waals surface area contributed by atoms with Crippen LogP contribution in [-0.4, -0.2) is 9.97 Å². The van der Waals surface area contributed by atoms with Crippen molar-refractivity contribution in [2.75, 3.05) is 0 Å². The van der Waals surface area contributed by atoms with Gasteiger partial charge >= 0.3 is 0 Å². The van der Waals surface area contributed by atoms with Crippen molar-refractivity contribution in [2.45, 2.75) is 50.9 Å². The van der Waals surface area contributed by atoms with E-state index in [2.05, 4.69) is 40.3 Å². The number of hydrogen-bond acceptors (Lipinski definition) is 2. The summed E-state index contributed by atoms with van der Waals surface area (Å²) in [6.45, 7) is 0. The highest BCUT2D eigenvalue weighted by Gasteiger charge is 2.18. The van der Waals surface area contributed by atoms with Gasteiger partial charge in [-0.1, -0.05) is 55.7 Å². The zero-order valence-corrected chi connectivity index (χ0v) is 15.3. The van der Waals surface area contributed by atoms with Crippen molar-refractivity contribution < 1.29 is 0 Å². The third kappa shape index (κ3) is 3.85. The molecule has 1 saturated carbocycles. The largest absolute Gasteiger partial charge is 0.255 e. The van der Waals surface area contributed by atoms with Gasteiger partial charge in [-0.25, -0.2) is 0 Å². The summed E-state index contributed by atoms with van der Waals surface area (Å²) in [6.07, 6.45) is 22.2. The molecule has 0 aromatic carbocycles. The first-order chi connectivity index (χ1) is 12.9. The third-order valence-electron chi connectivity index (χ3n) is 5.41. The van der Waals surface area contributed by atoms with Gasteiger partial charge in [0.15, 0.2) is 0 Å². The van der Waals surface area contributed by atoms with Gasteiger partial charge in [-0.05, 0) is 60.6 Å². The fourth-order valence-corrected chi connectivity index (χ4v) is 4.02. The third-order valence-corrected chi connectivity index (χ3v) is 5.41. The van der Waals surface area contributed by atoms with Crippen LogP contribution in [0.25, 0.3) is 11.4 Å². The standard InChI is InChI=1S/C24H26N2/c1-2-4-10-19-12-8-13-21(18-20(19)11-5-3-1)22-14-9-17-26-24(22)23-15-6-7-16-25-23/h6-9,12-18,21H,1-5,10-11H2. The number of fused-ring (bicyclic) bond motifs is 1. The van der Waals surface area contributed by atoms with Crippen LogP contribution < -0.4 is 0 Å². The second-order valence-electron chi connectivity index (χ2n) is 7.22. The number of pyridine rings is 2. The maximum absolute atomic E-state index is 4.66. The van der Waals surface area contributed by atoms with Crippen LogP contribution in [0.4, 0.5) is 0 Å². The lowest BCUT2D eigenvalue weighted by Crippen LogP contribution is -2.00. The zero-order valence-electron chi connectivity index (χ0n) is 15.3. The smallest absolute Gasteiger partial charge is 0.0927 e. The number of rotatable bonds is 2. The molecule has 2 heterocycles. The van der Waals surface area contributed by atoms with Crippen LogP contribution in [0.3, 0.4) is 0 Å². The molecule has 2 heteroatoms. The Balaban J connectivity index is 1.72. The lowest BCUT2D eigenvalue weighted by atomic mass is 9.90. The predicted molar refractivity (Wildman–Crippen MR) is 108 cm³/mol. The first-order valence-electron chi connectivity index (χ1n) is 9.86. The number of nitrogens with zero attached hydrogens (tertiary/aromatic N) is 2. The molecule has 26 heavy (non-hydrogen) atoms. The molecule has 0 saturated heterocycles. The number of allylic oxidation sites excluding steroid dienone is 6. The van der Waals surface area contributed by atoms with Gasteiger partial charge in [0.25, 0.3) is 0 Å². The molecule has 0 N–H and O–H groups in total. The minimum Gasteiger partial charge on any atom is -0.255 e. The zero-order chi connectivity index (χ0) is 17.6. The lowest BCUT2D eigenvalue weighted by molar-refractivity contribution is 0.632. The van der Waals surface area contributed by atoms with Gasteiger partial charge in [0, 0.05) is 18.3 Å². The van der Waals surface area contributed by atoms with Crippen molar-refractivity contribution in [2.24, 2.45) is 0 Å². The Kier molecular flexibility index (Phi) is 5.39. The summed E-state index contributed by atoms with van der Waals surface area (Å²) in [7, 11) is 0. The van der Waals surface area contributed by atoms with Crippen LogP contribution >= 0.6 is 0 Å². The van der Waals surface area contributed by atoms with Gasteiger partial charge in [-0.15, -0.1) is 0 Å². The second kappa shape index (κ2) is 8.27. The molecule has 0 aliphatic heterocycles. The van der Waals surface area contributed by atoms with Gasteiger partial charge in [0.2, 0.25) is 0 Å². The fourth-order valence-electron chi connectivity index (χ4n) is 4.02. The van der Waals surface area contributed by atoms with Crippen molar-refractivity contribution in [3.63, 3.8) is 0 Å². The van der Waals surface area contributed by atoms with E-state index in [-0.39, 0.29) is 5.92 Å². The highest BCUT2D eigenvalue weighted by atomic mass is 14.8. The molecule has 0 bridgehead atoms. The molecule has 2 aliphatic carbocycles. The minimum atomic E-state index is 0.255. The molecular weight excluding hydrogens is 316 g/mol. The summed E-state index contributed by atoms with van der Waals surface area (Å²) in [6, 6.07) is 10.3. The molecule has 2 aliphatic rings. The van der Waals surface area contributed by atoms with Gasteiger partial charge < -0.3 is 0 Å². The minimum absolute atomic E-state index is 0.255. The summed E-state index contributed by atoms with van der Waals surface area (Å²) >= 11 is 0. The molecule has 0 radical (unpaired) electrons. The predicted octanol–water partition coefficient (Wildman–Crippen LogP) is 6.39. The summed E-state index contributed by atoms with van der Waals surface area (Å²) in [5, 5.41) is 0. The molecule has 2 nitrogen and oxygen atoms in total. The van der Waals surface area contributed by atoms with Crippen LogP contribution in [-0.2, 0) is 0 Å². The average Bonchev–Trinajstić information content (AvgIpc) is 2.82. The summed E-state index contributed by atoms with van der Waals surface area (Å²) in [5.41, 5.74) is 6.25. The Morgan fingerprint density at radius 1 is 0.769 bits per heavy atom. The Labute approximate surface area is 156 Å². The maximum atomic E-state index is 4.66. The Hall–Kier alpha value is -2.48.